The highest BCUT2D eigenvalue weighted by molar-refractivity contribution is 7.90. The minimum Gasteiger partial charge on any atom is -0.384 e. The summed E-state index contributed by atoms with van der Waals surface area (Å²) >= 11 is 14.6. The molecule has 0 aliphatic heterocycles. The van der Waals surface area contributed by atoms with Crippen LogP contribution in [0, 0.1) is 0 Å². The van der Waals surface area contributed by atoms with Crippen molar-refractivity contribution in [3.63, 3.8) is 0 Å². The van der Waals surface area contributed by atoms with Crippen molar-refractivity contribution in [2.45, 2.75) is 24.3 Å². The fraction of sp³-hybridized carbons (Fsp3) is 0.174. The Kier molecular flexibility index (Phi) is 5.98. The van der Waals surface area contributed by atoms with Crippen LogP contribution in [-0.2, 0) is 15.4 Å². The zero-order valence-electron chi connectivity index (χ0n) is 17.5. The van der Waals surface area contributed by atoms with Crippen LogP contribution in [0.5, 0.6) is 0 Å². The van der Waals surface area contributed by atoms with Crippen molar-refractivity contribution in [1.82, 2.24) is 9.78 Å². The molecular weight excluding hydrogens is 487 g/mol. The van der Waals surface area contributed by atoms with E-state index in [0.717, 1.165) is 15.3 Å². The van der Waals surface area contributed by atoms with E-state index in [1.807, 2.05) is 36.4 Å². The van der Waals surface area contributed by atoms with Crippen molar-refractivity contribution in [3.8, 4) is 26.7 Å². The largest absolute Gasteiger partial charge is 0.384 e. The highest BCUT2D eigenvalue weighted by atomic mass is 35.5. The standard InChI is InChI=1S/C23H20Cl2N2O3S2/c1-23(2,28)22-20(25)21(27(26-22)17-10-5-4-9-16(17)24)19-12-11-18(31-19)14-7-6-8-15(13-14)32(3,29)30/h4-13,28H,1-3H3. The molecule has 2 heterocycles. The van der Waals surface area contributed by atoms with Crippen LogP contribution in [-0.4, -0.2) is 29.6 Å². The zero-order valence-corrected chi connectivity index (χ0v) is 20.6. The van der Waals surface area contributed by atoms with Crippen LogP contribution in [0.3, 0.4) is 0 Å². The van der Waals surface area contributed by atoms with Crippen molar-refractivity contribution in [2.24, 2.45) is 0 Å². The number of hydrogen-bond acceptors (Lipinski definition) is 5. The Balaban J connectivity index is 1.90. The van der Waals surface area contributed by atoms with Gasteiger partial charge in [0.05, 0.1) is 25.5 Å². The van der Waals surface area contributed by atoms with Crippen LogP contribution < -0.4 is 0 Å². The number of halogens is 2. The average molecular weight is 507 g/mol. The van der Waals surface area contributed by atoms with Gasteiger partial charge in [-0.1, -0.05) is 47.5 Å². The Hall–Kier alpha value is -2.16. The molecule has 0 bridgehead atoms. The van der Waals surface area contributed by atoms with Crippen LogP contribution >= 0.6 is 34.5 Å². The van der Waals surface area contributed by atoms with E-state index in [9.17, 15) is 13.5 Å². The SMILES string of the molecule is CC(C)(O)c1nn(-c2ccccc2Cl)c(-c2ccc(-c3cccc(S(C)(=O)=O)c3)s2)c1Cl. The summed E-state index contributed by atoms with van der Waals surface area (Å²) in [5, 5.41) is 16.0. The third-order valence-electron chi connectivity index (χ3n) is 4.87. The van der Waals surface area contributed by atoms with Crippen LogP contribution in [0.2, 0.25) is 10.0 Å². The first-order chi connectivity index (χ1) is 15.0. The topological polar surface area (TPSA) is 72.2 Å². The van der Waals surface area contributed by atoms with Crippen molar-refractivity contribution >= 4 is 44.4 Å². The van der Waals surface area contributed by atoms with Gasteiger partial charge in [0.15, 0.2) is 9.84 Å². The number of sulfone groups is 1. The van der Waals surface area contributed by atoms with E-state index in [1.54, 1.807) is 42.8 Å². The predicted molar refractivity (Wildman–Crippen MR) is 131 cm³/mol. The molecule has 0 radical (unpaired) electrons. The second-order valence-electron chi connectivity index (χ2n) is 7.90. The highest BCUT2D eigenvalue weighted by Gasteiger charge is 2.30. The van der Waals surface area contributed by atoms with Crippen molar-refractivity contribution in [1.29, 1.82) is 0 Å². The summed E-state index contributed by atoms with van der Waals surface area (Å²) < 4.78 is 25.6. The third kappa shape index (κ3) is 4.36. The Morgan fingerprint density at radius 1 is 1.00 bits per heavy atom. The number of aliphatic hydroxyl groups is 1. The van der Waals surface area contributed by atoms with Crippen molar-refractivity contribution < 1.29 is 13.5 Å². The summed E-state index contributed by atoms with van der Waals surface area (Å²) in [5.41, 5.74) is 1.10. The van der Waals surface area contributed by atoms with E-state index in [0.29, 0.717) is 27.1 Å². The lowest BCUT2D eigenvalue weighted by Gasteiger charge is -2.14. The minimum atomic E-state index is -3.32. The number of aromatic nitrogens is 2. The molecule has 5 nitrogen and oxygen atoms in total. The summed E-state index contributed by atoms with van der Waals surface area (Å²) in [4.78, 5) is 1.93. The number of hydrogen-bond donors (Lipinski definition) is 1. The lowest BCUT2D eigenvalue weighted by molar-refractivity contribution is 0.0735. The van der Waals surface area contributed by atoms with E-state index < -0.39 is 15.4 Å². The Morgan fingerprint density at radius 2 is 1.69 bits per heavy atom. The van der Waals surface area contributed by atoms with Crippen LogP contribution in [0.25, 0.3) is 26.7 Å². The first kappa shape index (κ1) is 23.0. The van der Waals surface area contributed by atoms with Gasteiger partial charge in [0.1, 0.15) is 17.0 Å². The summed E-state index contributed by atoms with van der Waals surface area (Å²) in [6, 6.07) is 17.9. The summed E-state index contributed by atoms with van der Waals surface area (Å²) in [7, 11) is -3.32. The van der Waals surface area contributed by atoms with Gasteiger partial charge in [-0.3, -0.25) is 0 Å². The fourth-order valence-corrected chi connectivity index (χ4v) is 5.73. The van der Waals surface area contributed by atoms with Gasteiger partial charge < -0.3 is 5.11 Å². The van der Waals surface area contributed by atoms with E-state index >= 15 is 0 Å². The molecule has 0 fully saturated rings. The second-order valence-corrected chi connectivity index (χ2v) is 11.8. The molecule has 0 aliphatic rings. The molecular formula is C23H20Cl2N2O3S2. The predicted octanol–water partition coefficient (Wildman–Crippen LogP) is 6.21. The van der Waals surface area contributed by atoms with Gasteiger partial charge in [0.25, 0.3) is 0 Å². The van der Waals surface area contributed by atoms with Crippen molar-refractivity contribution in [2.75, 3.05) is 6.26 Å². The van der Waals surface area contributed by atoms with Gasteiger partial charge in [-0.15, -0.1) is 11.3 Å². The van der Waals surface area contributed by atoms with Gasteiger partial charge in [-0.2, -0.15) is 5.10 Å². The summed E-state index contributed by atoms with van der Waals surface area (Å²) in [6.45, 7) is 3.25. The molecule has 1 N–H and O–H groups in total. The molecule has 0 spiro atoms. The molecule has 2 aromatic heterocycles. The lowest BCUT2D eigenvalue weighted by atomic mass is 10.1. The number of para-hydroxylation sites is 1. The van der Waals surface area contributed by atoms with Crippen LogP contribution in [0.15, 0.2) is 65.6 Å². The molecule has 0 atom stereocenters. The van der Waals surface area contributed by atoms with E-state index in [-0.39, 0.29) is 4.90 Å². The maximum absolute atomic E-state index is 12.0. The Bertz CT molecular complexity index is 1420. The normalized spacial score (nSPS) is 12.3. The van der Waals surface area contributed by atoms with Gasteiger partial charge >= 0.3 is 0 Å². The van der Waals surface area contributed by atoms with E-state index in [2.05, 4.69) is 5.10 Å². The Labute approximate surface area is 200 Å². The van der Waals surface area contributed by atoms with Crippen LogP contribution in [0.1, 0.15) is 19.5 Å². The van der Waals surface area contributed by atoms with E-state index in [4.69, 9.17) is 23.2 Å². The molecule has 4 rings (SSSR count). The smallest absolute Gasteiger partial charge is 0.175 e. The molecule has 0 amide bonds. The number of rotatable bonds is 5. The lowest BCUT2D eigenvalue weighted by Crippen LogP contribution is -2.17. The zero-order chi connectivity index (χ0) is 23.3. The second kappa shape index (κ2) is 8.32. The van der Waals surface area contributed by atoms with Gasteiger partial charge in [-0.05, 0) is 55.8 Å². The van der Waals surface area contributed by atoms with Gasteiger partial charge in [-0.25, -0.2) is 13.1 Å². The quantitative estimate of drug-likeness (QED) is 0.349. The number of thiophene rings is 1. The average Bonchev–Trinajstić information content (AvgIpc) is 3.32. The maximum Gasteiger partial charge on any atom is 0.175 e. The van der Waals surface area contributed by atoms with Crippen LogP contribution in [0.4, 0.5) is 0 Å². The van der Waals surface area contributed by atoms with E-state index in [1.165, 1.54) is 17.6 Å². The minimum absolute atomic E-state index is 0.258. The third-order valence-corrected chi connectivity index (χ3v) is 7.80. The molecule has 166 valence electrons. The maximum atomic E-state index is 12.0. The first-order valence-corrected chi connectivity index (χ1v) is 13.1. The number of benzene rings is 2. The molecule has 0 saturated carbocycles. The Morgan fingerprint density at radius 3 is 2.34 bits per heavy atom. The molecule has 0 unspecified atom stereocenters. The highest BCUT2D eigenvalue weighted by Crippen LogP contribution is 2.43. The van der Waals surface area contributed by atoms with Gasteiger partial charge in [0, 0.05) is 11.1 Å². The molecule has 2 aromatic carbocycles. The summed E-state index contributed by atoms with van der Waals surface area (Å²) in [5.74, 6) is 0. The number of nitrogens with zero attached hydrogens (tertiary/aromatic N) is 2. The molecule has 0 saturated heterocycles. The summed E-state index contributed by atoms with van der Waals surface area (Å²) in [6.07, 6.45) is 1.19. The van der Waals surface area contributed by atoms with Gasteiger partial charge in [0.2, 0.25) is 0 Å². The molecule has 9 heteroatoms. The fourth-order valence-electron chi connectivity index (χ4n) is 3.30. The molecule has 4 aromatic rings. The monoisotopic (exact) mass is 506 g/mol. The molecule has 0 aliphatic carbocycles. The first-order valence-electron chi connectivity index (χ1n) is 9.64. The van der Waals surface area contributed by atoms with Crippen molar-refractivity contribution in [3.05, 3.63) is 76.4 Å². The molecule has 32 heavy (non-hydrogen) atoms.